The summed E-state index contributed by atoms with van der Waals surface area (Å²) >= 11 is 0. The average molecular weight is 403 g/mol. The molecular weight excluding hydrogens is 385 g/mol. The quantitative estimate of drug-likeness (QED) is 0.584. The molecule has 0 aliphatic rings. The van der Waals surface area contributed by atoms with Crippen LogP contribution in [0.25, 0.3) is 22.6 Å². The largest absolute Gasteiger partial charge is 0.466 e. The SMILES string of the molecule is CCOC(=O)Cc1nc(-c2ccc(F)cc2)c(-c2ccc(S(C)(=O)=O)cc2)o1. The summed E-state index contributed by atoms with van der Waals surface area (Å²) in [5.41, 5.74) is 1.60. The lowest BCUT2D eigenvalue weighted by Gasteiger charge is -2.03. The van der Waals surface area contributed by atoms with E-state index in [2.05, 4.69) is 4.98 Å². The number of hydrogen-bond donors (Lipinski definition) is 0. The molecule has 0 fully saturated rings. The van der Waals surface area contributed by atoms with Gasteiger partial charge in [-0.05, 0) is 55.5 Å². The van der Waals surface area contributed by atoms with Gasteiger partial charge in [-0.2, -0.15) is 0 Å². The van der Waals surface area contributed by atoms with Gasteiger partial charge in [-0.3, -0.25) is 4.79 Å². The molecule has 0 atom stereocenters. The molecule has 0 N–H and O–H groups in total. The van der Waals surface area contributed by atoms with Crippen LogP contribution in [0.3, 0.4) is 0 Å². The van der Waals surface area contributed by atoms with Crippen LogP contribution >= 0.6 is 0 Å². The van der Waals surface area contributed by atoms with E-state index < -0.39 is 21.6 Å². The standard InChI is InChI=1S/C20H18FNO5S/c1-3-26-18(23)12-17-22-19(13-4-8-15(21)9-5-13)20(27-17)14-6-10-16(11-7-14)28(2,24)25/h4-11H,3,12H2,1-2H3. The monoisotopic (exact) mass is 403 g/mol. The lowest BCUT2D eigenvalue weighted by Crippen LogP contribution is -2.07. The van der Waals surface area contributed by atoms with Crippen molar-refractivity contribution in [2.24, 2.45) is 0 Å². The third kappa shape index (κ3) is 4.45. The first-order chi connectivity index (χ1) is 13.3. The molecule has 0 bridgehead atoms. The van der Waals surface area contributed by atoms with E-state index in [1.54, 1.807) is 31.2 Å². The van der Waals surface area contributed by atoms with Gasteiger partial charge in [0.1, 0.15) is 17.9 Å². The Morgan fingerprint density at radius 1 is 1.07 bits per heavy atom. The predicted octanol–water partition coefficient (Wildman–Crippen LogP) is 3.66. The maximum atomic E-state index is 13.3. The lowest BCUT2D eigenvalue weighted by atomic mass is 10.1. The van der Waals surface area contributed by atoms with Gasteiger partial charge in [0, 0.05) is 17.4 Å². The third-order valence-corrected chi connectivity index (χ3v) is 5.06. The summed E-state index contributed by atoms with van der Waals surface area (Å²) in [5, 5.41) is 0. The Bertz CT molecular complexity index is 1090. The molecular formula is C20H18FNO5S. The maximum Gasteiger partial charge on any atom is 0.315 e. The number of carbonyl (C=O) groups is 1. The Hall–Kier alpha value is -3.00. The van der Waals surface area contributed by atoms with Crippen LogP contribution in [0.4, 0.5) is 4.39 Å². The van der Waals surface area contributed by atoms with Crippen molar-refractivity contribution in [3.8, 4) is 22.6 Å². The second kappa shape index (κ2) is 7.93. The predicted molar refractivity (Wildman–Crippen MR) is 101 cm³/mol. The van der Waals surface area contributed by atoms with Crippen LogP contribution < -0.4 is 0 Å². The number of nitrogens with zero attached hydrogens (tertiary/aromatic N) is 1. The van der Waals surface area contributed by atoms with Crippen LogP contribution in [0.15, 0.2) is 57.8 Å². The number of halogens is 1. The third-order valence-electron chi connectivity index (χ3n) is 3.93. The highest BCUT2D eigenvalue weighted by Crippen LogP contribution is 2.33. The molecule has 0 saturated carbocycles. The Morgan fingerprint density at radius 2 is 1.68 bits per heavy atom. The van der Waals surface area contributed by atoms with Gasteiger partial charge in [-0.15, -0.1) is 0 Å². The van der Waals surface area contributed by atoms with Gasteiger partial charge in [0.25, 0.3) is 0 Å². The molecule has 1 aromatic heterocycles. The molecule has 6 nitrogen and oxygen atoms in total. The van der Waals surface area contributed by atoms with Crippen molar-refractivity contribution in [2.45, 2.75) is 18.2 Å². The number of aromatic nitrogens is 1. The molecule has 0 amide bonds. The zero-order valence-electron chi connectivity index (χ0n) is 15.3. The first-order valence-corrected chi connectivity index (χ1v) is 10.4. The first kappa shape index (κ1) is 19.8. The topological polar surface area (TPSA) is 86.5 Å². The second-order valence-electron chi connectivity index (χ2n) is 6.07. The van der Waals surface area contributed by atoms with E-state index in [0.717, 1.165) is 6.26 Å². The molecule has 0 aliphatic heterocycles. The molecule has 0 radical (unpaired) electrons. The van der Waals surface area contributed by atoms with Crippen molar-refractivity contribution in [1.29, 1.82) is 0 Å². The zero-order valence-corrected chi connectivity index (χ0v) is 16.1. The van der Waals surface area contributed by atoms with E-state index in [4.69, 9.17) is 9.15 Å². The fourth-order valence-corrected chi connectivity index (χ4v) is 3.26. The summed E-state index contributed by atoms with van der Waals surface area (Å²) in [6.45, 7) is 1.94. The average Bonchev–Trinajstić information content (AvgIpc) is 3.05. The fourth-order valence-electron chi connectivity index (χ4n) is 2.63. The van der Waals surface area contributed by atoms with Crippen molar-refractivity contribution in [3.63, 3.8) is 0 Å². The molecule has 28 heavy (non-hydrogen) atoms. The minimum Gasteiger partial charge on any atom is -0.466 e. The number of rotatable bonds is 6. The molecule has 146 valence electrons. The summed E-state index contributed by atoms with van der Waals surface area (Å²) in [5.74, 6) is -0.364. The Labute approximate surface area is 161 Å². The second-order valence-corrected chi connectivity index (χ2v) is 8.09. The molecule has 8 heteroatoms. The first-order valence-electron chi connectivity index (χ1n) is 8.49. The summed E-state index contributed by atoms with van der Waals surface area (Å²) in [6, 6.07) is 11.8. The Morgan fingerprint density at radius 3 is 2.25 bits per heavy atom. The normalized spacial score (nSPS) is 11.4. The summed E-state index contributed by atoms with van der Waals surface area (Å²) in [6.07, 6.45) is 0.974. The Balaban J connectivity index is 2.06. The van der Waals surface area contributed by atoms with Gasteiger partial charge >= 0.3 is 5.97 Å². The highest BCUT2D eigenvalue weighted by atomic mass is 32.2. The summed E-state index contributed by atoms with van der Waals surface area (Å²) in [4.78, 5) is 16.3. The zero-order chi connectivity index (χ0) is 20.3. The van der Waals surface area contributed by atoms with Crippen LogP contribution in [0.1, 0.15) is 12.8 Å². The van der Waals surface area contributed by atoms with Crippen LogP contribution in [0.5, 0.6) is 0 Å². The minimum absolute atomic E-state index is 0.149. The van der Waals surface area contributed by atoms with Crippen molar-refractivity contribution in [3.05, 3.63) is 60.2 Å². The molecule has 0 saturated heterocycles. The van der Waals surface area contributed by atoms with Crippen molar-refractivity contribution in [1.82, 2.24) is 4.98 Å². The molecule has 3 rings (SSSR count). The van der Waals surface area contributed by atoms with Crippen LogP contribution in [-0.2, 0) is 25.8 Å². The van der Waals surface area contributed by atoms with Crippen molar-refractivity contribution in [2.75, 3.05) is 12.9 Å². The van der Waals surface area contributed by atoms with Gasteiger partial charge in [0.2, 0.25) is 5.89 Å². The number of hydrogen-bond acceptors (Lipinski definition) is 6. The van der Waals surface area contributed by atoms with Crippen LogP contribution in [0.2, 0.25) is 0 Å². The number of oxazole rings is 1. The van der Waals surface area contributed by atoms with E-state index in [0.29, 0.717) is 22.6 Å². The highest BCUT2D eigenvalue weighted by molar-refractivity contribution is 7.90. The van der Waals surface area contributed by atoms with Crippen molar-refractivity contribution < 1.29 is 26.8 Å². The van der Waals surface area contributed by atoms with Crippen molar-refractivity contribution >= 4 is 15.8 Å². The van der Waals surface area contributed by atoms with E-state index in [9.17, 15) is 17.6 Å². The fraction of sp³-hybridized carbons (Fsp3) is 0.200. The summed E-state index contributed by atoms with van der Waals surface area (Å²) in [7, 11) is -3.33. The molecule has 3 aromatic rings. The molecule has 2 aromatic carbocycles. The smallest absolute Gasteiger partial charge is 0.315 e. The number of esters is 1. The van der Waals surface area contributed by atoms with Crippen LogP contribution in [0, 0.1) is 5.82 Å². The van der Waals surface area contributed by atoms with Gasteiger partial charge < -0.3 is 9.15 Å². The molecule has 0 unspecified atom stereocenters. The summed E-state index contributed by atoms with van der Waals surface area (Å²) < 4.78 is 47.3. The van der Waals surface area contributed by atoms with E-state index in [1.165, 1.54) is 24.3 Å². The van der Waals surface area contributed by atoms with Gasteiger partial charge in [0.05, 0.1) is 11.5 Å². The number of carbonyl (C=O) groups excluding carboxylic acids is 1. The molecule has 1 heterocycles. The van der Waals surface area contributed by atoms with Gasteiger partial charge in [-0.25, -0.2) is 17.8 Å². The molecule has 0 aliphatic carbocycles. The van der Waals surface area contributed by atoms with Gasteiger partial charge in [-0.1, -0.05) is 0 Å². The number of benzene rings is 2. The van der Waals surface area contributed by atoms with Crippen LogP contribution in [-0.4, -0.2) is 32.2 Å². The number of ether oxygens (including phenoxy) is 1. The van der Waals surface area contributed by atoms with Gasteiger partial charge in [0.15, 0.2) is 15.6 Å². The van der Waals surface area contributed by atoms with E-state index >= 15 is 0 Å². The van der Waals surface area contributed by atoms with E-state index in [-0.39, 0.29) is 23.8 Å². The lowest BCUT2D eigenvalue weighted by molar-refractivity contribution is -0.142. The number of sulfone groups is 1. The molecule has 0 spiro atoms. The maximum absolute atomic E-state index is 13.3. The Kier molecular flexibility index (Phi) is 5.60. The highest BCUT2D eigenvalue weighted by Gasteiger charge is 2.20. The minimum atomic E-state index is -3.33. The van der Waals surface area contributed by atoms with E-state index in [1.807, 2.05) is 0 Å².